The van der Waals surface area contributed by atoms with Crippen LogP contribution in [0.1, 0.15) is 65.2 Å². The van der Waals surface area contributed by atoms with E-state index >= 15 is 0 Å². The van der Waals surface area contributed by atoms with E-state index in [1.165, 1.54) is 44.9 Å². The lowest BCUT2D eigenvalue weighted by Gasteiger charge is -2.59. The highest BCUT2D eigenvalue weighted by molar-refractivity contribution is 5.06. The Bertz CT molecular complexity index is 253. The molecular weight excluding hydrogens is 208 g/mol. The molecule has 1 heteroatoms. The van der Waals surface area contributed by atoms with E-state index in [4.69, 9.17) is 0 Å². The molecule has 4 saturated carbocycles. The van der Waals surface area contributed by atoms with E-state index in [0.29, 0.717) is 11.8 Å². The van der Waals surface area contributed by atoms with Crippen molar-refractivity contribution in [3.63, 3.8) is 0 Å². The second-order valence-corrected chi connectivity index (χ2v) is 7.58. The first-order chi connectivity index (χ1) is 8.08. The molecule has 4 aliphatic rings. The van der Waals surface area contributed by atoms with Crippen LogP contribution in [0.25, 0.3) is 0 Å². The molecule has 0 unspecified atom stereocenters. The fourth-order valence-electron chi connectivity index (χ4n) is 5.20. The highest BCUT2D eigenvalue weighted by Gasteiger charge is 2.55. The number of hydrogen-bond acceptors (Lipinski definition) is 1. The number of aliphatic hydroxyl groups is 1. The van der Waals surface area contributed by atoms with E-state index in [0.717, 1.165) is 24.2 Å². The van der Waals surface area contributed by atoms with Gasteiger partial charge in [0.05, 0.1) is 5.60 Å². The Kier molecular flexibility index (Phi) is 3.01. The molecule has 4 bridgehead atoms. The first kappa shape index (κ1) is 12.0. The highest BCUT2D eigenvalue weighted by atomic mass is 16.3. The zero-order valence-corrected chi connectivity index (χ0v) is 11.5. The van der Waals surface area contributed by atoms with E-state index in [9.17, 15) is 5.11 Å². The third-order valence-corrected chi connectivity index (χ3v) is 5.91. The SMILES string of the molecule is CC(C)CCCC1(O)C2CC3CC(C2)CC1C3. The molecule has 0 spiro atoms. The summed E-state index contributed by atoms with van der Waals surface area (Å²) in [4.78, 5) is 0. The maximum Gasteiger partial charge on any atom is 0.0704 e. The van der Waals surface area contributed by atoms with Crippen LogP contribution in [-0.2, 0) is 0 Å². The molecule has 0 heterocycles. The minimum atomic E-state index is -0.262. The van der Waals surface area contributed by atoms with Crippen LogP contribution in [0.3, 0.4) is 0 Å². The lowest BCUT2D eigenvalue weighted by molar-refractivity contribution is -0.177. The Morgan fingerprint density at radius 1 is 1.00 bits per heavy atom. The summed E-state index contributed by atoms with van der Waals surface area (Å²) in [7, 11) is 0. The maximum atomic E-state index is 11.1. The predicted octanol–water partition coefficient (Wildman–Crippen LogP) is 4.00. The van der Waals surface area contributed by atoms with Crippen molar-refractivity contribution in [1.82, 2.24) is 0 Å². The average molecular weight is 236 g/mol. The Labute approximate surface area is 106 Å². The standard InChI is InChI=1S/C16H28O/c1-11(2)4-3-5-16(17)14-7-12-6-13(9-14)10-15(16)8-12/h11-15,17H,3-10H2,1-2H3. The van der Waals surface area contributed by atoms with Gasteiger partial charge in [0, 0.05) is 0 Å². The molecule has 98 valence electrons. The molecule has 4 fully saturated rings. The van der Waals surface area contributed by atoms with Gasteiger partial charge in [-0.05, 0) is 68.1 Å². The van der Waals surface area contributed by atoms with E-state index in [1.54, 1.807) is 0 Å². The molecule has 0 aliphatic heterocycles. The molecule has 1 N–H and O–H groups in total. The van der Waals surface area contributed by atoms with Crippen LogP contribution in [0.2, 0.25) is 0 Å². The van der Waals surface area contributed by atoms with Crippen molar-refractivity contribution in [2.24, 2.45) is 29.6 Å². The van der Waals surface area contributed by atoms with Gasteiger partial charge >= 0.3 is 0 Å². The first-order valence-corrected chi connectivity index (χ1v) is 7.80. The fourth-order valence-corrected chi connectivity index (χ4v) is 5.20. The van der Waals surface area contributed by atoms with E-state index < -0.39 is 0 Å². The second kappa shape index (κ2) is 4.26. The van der Waals surface area contributed by atoms with Gasteiger partial charge in [0.2, 0.25) is 0 Å². The van der Waals surface area contributed by atoms with Crippen molar-refractivity contribution in [3.8, 4) is 0 Å². The summed E-state index contributed by atoms with van der Waals surface area (Å²) in [6, 6.07) is 0. The first-order valence-electron chi connectivity index (χ1n) is 7.80. The summed E-state index contributed by atoms with van der Waals surface area (Å²) in [5.41, 5.74) is -0.262. The molecule has 0 saturated heterocycles. The van der Waals surface area contributed by atoms with Crippen molar-refractivity contribution >= 4 is 0 Å². The molecule has 0 radical (unpaired) electrons. The molecular formula is C16H28O. The second-order valence-electron chi connectivity index (χ2n) is 7.58. The lowest BCUT2D eigenvalue weighted by Crippen LogP contribution is -2.57. The van der Waals surface area contributed by atoms with Gasteiger partial charge in [-0.3, -0.25) is 0 Å². The average Bonchev–Trinajstić information content (AvgIpc) is 2.24. The van der Waals surface area contributed by atoms with Gasteiger partial charge in [-0.1, -0.05) is 26.7 Å². The molecule has 0 aromatic rings. The van der Waals surface area contributed by atoms with Crippen LogP contribution < -0.4 is 0 Å². The maximum absolute atomic E-state index is 11.1. The summed E-state index contributed by atoms with van der Waals surface area (Å²) in [5.74, 6) is 4.05. The van der Waals surface area contributed by atoms with Gasteiger partial charge in [-0.2, -0.15) is 0 Å². The Hall–Kier alpha value is -0.0400. The summed E-state index contributed by atoms with van der Waals surface area (Å²) < 4.78 is 0. The van der Waals surface area contributed by atoms with Gasteiger partial charge in [-0.15, -0.1) is 0 Å². The molecule has 0 amide bonds. The van der Waals surface area contributed by atoms with Crippen molar-refractivity contribution in [2.45, 2.75) is 70.8 Å². The van der Waals surface area contributed by atoms with Crippen LogP contribution in [0.4, 0.5) is 0 Å². The zero-order valence-electron chi connectivity index (χ0n) is 11.5. The third kappa shape index (κ3) is 2.05. The predicted molar refractivity (Wildman–Crippen MR) is 70.7 cm³/mol. The minimum absolute atomic E-state index is 0.262. The third-order valence-electron chi connectivity index (χ3n) is 5.91. The number of rotatable bonds is 4. The van der Waals surface area contributed by atoms with Gasteiger partial charge in [0.25, 0.3) is 0 Å². The van der Waals surface area contributed by atoms with Crippen molar-refractivity contribution < 1.29 is 5.11 Å². The Balaban J connectivity index is 1.65. The van der Waals surface area contributed by atoms with Crippen LogP contribution in [0, 0.1) is 29.6 Å². The number of hydrogen-bond donors (Lipinski definition) is 1. The smallest absolute Gasteiger partial charge is 0.0704 e. The van der Waals surface area contributed by atoms with Crippen molar-refractivity contribution in [3.05, 3.63) is 0 Å². The lowest BCUT2D eigenvalue weighted by atomic mass is 9.49. The molecule has 4 rings (SSSR count). The van der Waals surface area contributed by atoms with Gasteiger partial charge in [0.15, 0.2) is 0 Å². The van der Waals surface area contributed by atoms with Crippen molar-refractivity contribution in [1.29, 1.82) is 0 Å². The quantitative estimate of drug-likeness (QED) is 0.782. The van der Waals surface area contributed by atoms with Crippen LogP contribution in [0.5, 0.6) is 0 Å². The molecule has 1 nitrogen and oxygen atoms in total. The van der Waals surface area contributed by atoms with E-state index in [-0.39, 0.29) is 5.60 Å². The van der Waals surface area contributed by atoms with Crippen LogP contribution in [0.15, 0.2) is 0 Å². The van der Waals surface area contributed by atoms with Crippen molar-refractivity contribution in [2.75, 3.05) is 0 Å². The van der Waals surface area contributed by atoms with Crippen LogP contribution in [-0.4, -0.2) is 10.7 Å². The van der Waals surface area contributed by atoms with Gasteiger partial charge in [0.1, 0.15) is 0 Å². The molecule has 4 aliphatic carbocycles. The Morgan fingerprint density at radius 2 is 1.53 bits per heavy atom. The van der Waals surface area contributed by atoms with Crippen LogP contribution >= 0.6 is 0 Å². The normalized spacial score (nSPS) is 48.0. The summed E-state index contributed by atoms with van der Waals surface area (Å²) in [6.45, 7) is 4.59. The van der Waals surface area contributed by atoms with Gasteiger partial charge in [-0.25, -0.2) is 0 Å². The Morgan fingerprint density at radius 3 is 2.00 bits per heavy atom. The van der Waals surface area contributed by atoms with E-state index in [1.807, 2.05) is 0 Å². The highest BCUT2D eigenvalue weighted by Crippen LogP contribution is 2.59. The molecule has 17 heavy (non-hydrogen) atoms. The minimum Gasteiger partial charge on any atom is -0.389 e. The summed E-state index contributed by atoms with van der Waals surface area (Å²) in [5, 5.41) is 11.1. The monoisotopic (exact) mass is 236 g/mol. The fraction of sp³-hybridized carbons (Fsp3) is 1.00. The molecule has 0 atom stereocenters. The summed E-state index contributed by atoms with van der Waals surface area (Å²) >= 11 is 0. The van der Waals surface area contributed by atoms with Gasteiger partial charge < -0.3 is 5.11 Å². The topological polar surface area (TPSA) is 20.2 Å². The molecule has 0 aromatic carbocycles. The van der Waals surface area contributed by atoms with E-state index in [2.05, 4.69) is 13.8 Å². The molecule has 0 aromatic heterocycles. The zero-order chi connectivity index (χ0) is 12.0. The largest absolute Gasteiger partial charge is 0.389 e. The summed E-state index contributed by atoms with van der Waals surface area (Å²) in [6.07, 6.45) is 10.4.